The molecule has 132 valence electrons. The molecule has 0 aromatic rings. The normalized spacial score (nSPS) is 11.2. The first-order valence-electron chi connectivity index (χ1n) is 7.89. The Labute approximate surface area is 137 Å². The molecule has 0 aliphatic carbocycles. The summed E-state index contributed by atoms with van der Waals surface area (Å²) >= 11 is 0. The summed E-state index contributed by atoms with van der Waals surface area (Å²) in [6.45, 7) is 2.20. The van der Waals surface area contributed by atoms with Gasteiger partial charge in [0.05, 0.1) is 13.2 Å². The van der Waals surface area contributed by atoms with Crippen LogP contribution in [0.2, 0.25) is 0 Å². The Morgan fingerprint density at radius 3 is 1.61 bits per heavy atom. The van der Waals surface area contributed by atoms with Crippen LogP contribution in [0.3, 0.4) is 0 Å². The molecule has 0 saturated heterocycles. The monoisotopic (exact) mass is 328 g/mol. The van der Waals surface area contributed by atoms with E-state index in [0.29, 0.717) is 26.3 Å². The van der Waals surface area contributed by atoms with Gasteiger partial charge in [-0.1, -0.05) is 12.2 Å². The van der Waals surface area contributed by atoms with Crippen molar-refractivity contribution in [1.82, 2.24) is 10.6 Å². The van der Waals surface area contributed by atoms with Gasteiger partial charge < -0.3 is 25.6 Å². The number of aliphatic hydroxyl groups excluding tert-OH is 2. The molecule has 0 rings (SSSR count). The van der Waals surface area contributed by atoms with E-state index in [1.54, 1.807) is 0 Å². The van der Waals surface area contributed by atoms with Gasteiger partial charge in [-0.05, 0) is 25.7 Å². The van der Waals surface area contributed by atoms with Gasteiger partial charge in [0, 0.05) is 38.5 Å². The molecule has 0 heterocycles. The molecule has 0 radical (unpaired) electrons. The highest BCUT2D eigenvalue weighted by atomic mass is 16.5. The molecule has 0 saturated carbocycles. The minimum Gasteiger partial charge on any atom is -0.392 e. The van der Waals surface area contributed by atoms with Gasteiger partial charge in [0.1, 0.15) is 0 Å². The highest BCUT2D eigenvalue weighted by Gasteiger charge is 1.96. The number of nitrogens with one attached hydrogen (secondary N) is 2. The van der Waals surface area contributed by atoms with E-state index >= 15 is 0 Å². The average Bonchev–Trinajstić information content (AvgIpc) is 2.55. The van der Waals surface area contributed by atoms with Gasteiger partial charge in [0.25, 0.3) is 0 Å². The van der Waals surface area contributed by atoms with Crippen LogP contribution in [0.1, 0.15) is 25.7 Å². The molecular formula is C16H28N2O5. The van der Waals surface area contributed by atoms with E-state index in [9.17, 15) is 9.59 Å². The Morgan fingerprint density at radius 2 is 1.22 bits per heavy atom. The Morgan fingerprint density at radius 1 is 0.783 bits per heavy atom. The van der Waals surface area contributed by atoms with Crippen LogP contribution in [0.4, 0.5) is 0 Å². The van der Waals surface area contributed by atoms with Gasteiger partial charge in [-0.25, -0.2) is 0 Å². The van der Waals surface area contributed by atoms with E-state index in [1.807, 2.05) is 0 Å². The molecule has 0 aliphatic rings. The molecule has 0 aliphatic heterocycles. The van der Waals surface area contributed by atoms with Gasteiger partial charge in [-0.2, -0.15) is 0 Å². The molecule has 7 heteroatoms. The number of unbranched alkanes of at least 4 members (excludes halogenated alkanes) is 2. The van der Waals surface area contributed by atoms with Crippen molar-refractivity contribution >= 4 is 11.8 Å². The Balaban J connectivity index is 3.25. The number of rotatable bonds is 14. The zero-order valence-corrected chi connectivity index (χ0v) is 13.5. The van der Waals surface area contributed by atoms with Crippen molar-refractivity contribution in [3.05, 3.63) is 24.3 Å². The first-order chi connectivity index (χ1) is 11.2. The maximum atomic E-state index is 11.2. The highest BCUT2D eigenvalue weighted by Crippen LogP contribution is 1.93. The second kappa shape index (κ2) is 16.7. The molecular weight excluding hydrogens is 300 g/mol. The molecule has 0 bridgehead atoms. The zero-order valence-electron chi connectivity index (χ0n) is 13.5. The number of hydrogen-bond acceptors (Lipinski definition) is 5. The Hall–Kier alpha value is -1.70. The highest BCUT2D eigenvalue weighted by molar-refractivity contribution is 5.87. The van der Waals surface area contributed by atoms with E-state index < -0.39 is 0 Å². The van der Waals surface area contributed by atoms with Crippen LogP contribution < -0.4 is 10.6 Å². The molecule has 23 heavy (non-hydrogen) atoms. The number of carbonyl (C=O) groups is 2. The van der Waals surface area contributed by atoms with Gasteiger partial charge in [-0.15, -0.1) is 0 Å². The SMILES string of the molecule is O=C(C=CCO)NCCCCOCCCCNC(=O)C=CCO. The molecule has 0 aromatic heterocycles. The quantitative estimate of drug-likeness (QED) is 0.263. The van der Waals surface area contributed by atoms with Gasteiger partial charge in [-0.3, -0.25) is 9.59 Å². The lowest BCUT2D eigenvalue weighted by Gasteiger charge is -2.05. The molecule has 0 aromatic carbocycles. The van der Waals surface area contributed by atoms with E-state index in [-0.39, 0.29) is 25.0 Å². The van der Waals surface area contributed by atoms with Crippen LogP contribution in [0.25, 0.3) is 0 Å². The summed E-state index contributed by atoms with van der Waals surface area (Å²) in [4.78, 5) is 22.3. The largest absolute Gasteiger partial charge is 0.392 e. The first kappa shape index (κ1) is 21.3. The van der Waals surface area contributed by atoms with Gasteiger partial charge >= 0.3 is 0 Å². The fourth-order valence-corrected chi connectivity index (χ4v) is 1.62. The van der Waals surface area contributed by atoms with E-state index in [4.69, 9.17) is 14.9 Å². The Kier molecular flexibility index (Phi) is 15.4. The minimum absolute atomic E-state index is 0.135. The van der Waals surface area contributed by atoms with Crippen molar-refractivity contribution in [2.75, 3.05) is 39.5 Å². The van der Waals surface area contributed by atoms with Crippen molar-refractivity contribution in [1.29, 1.82) is 0 Å². The van der Waals surface area contributed by atoms with Gasteiger partial charge in [0.2, 0.25) is 11.8 Å². The van der Waals surface area contributed by atoms with Crippen molar-refractivity contribution in [2.24, 2.45) is 0 Å². The van der Waals surface area contributed by atoms with Crippen LogP contribution >= 0.6 is 0 Å². The second-order valence-corrected chi connectivity index (χ2v) is 4.78. The minimum atomic E-state index is -0.198. The van der Waals surface area contributed by atoms with Crippen LogP contribution in [0.15, 0.2) is 24.3 Å². The second-order valence-electron chi connectivity index (χ2n) is 4.78. The summed E-state index contributed by atoms with van der Waals surface area (Å²) in [5.74, 6) is -0.397. The smallest absolute Gasteiger partial charge is 0.243 e. The summed E-state index contributed by atoms with van der Waals surface area (Å²) in [5.41, 5.74) is 0. The summed E-state index contributed by atoms with van der Waals surface area (Å²) in [6, 6.07) is 0. The lowest BCUT2D eigenvalue weighted by Crippen LogP contribution is -2.22. The maximum absolute atomic E-state index is 11.2. The summed E-state index contributed by atoms with van der Waals surface area (Å²) in [5, 5.41) is 22.4. The standard InChI is InChI=1S/C16H28N2O5/c19-11-5-7-15(21)17-9-1-3-13-23-14-4-2-10-18-16(22)8-6-12-20/h5-8,19-20H,1-4,9-14H2,(H,17,21)(H,18,22). The molecule has 0 spiro atoms. The van der Waals surface area contributed by atoms with Crippen LogP contribution in [-0.4, -0.2) is 61.5 Å². The lowest BCUT2D eigenvalue weighted by molar-refractivity contribution is -0.117. The predicted molar refractivity (Wildman–Crippen MR) is 87.8 cm³/mol. The third kappa shape index (κ3) is 16.5. The van der Waals surface area contributed by atoms with Crippen LogP contribution in [0.5, 0.6) is 0 Å². The topological polar surface area (TPSA) is 108 Å². The Bertz CT molecular complexity index is 335. The van der Waals surface area contributed by atoms with Gasteiger partial charge in [0.15, 0.2) is 0 Å². The third-order valence-corrected chi connectivity index (χ3v) is 2.78. The number of hydrogen-bond donors (Lipinski definition) is 4. The van der Waals surface area contributed by atoms with Crippen molar-refractivity contribution in [3.63, 3.8) is 0 Å². The number of ether oxygens (including phenoxy) is 1. The summed E-state index contributed by atoms with van der Waals surface area (Å²) in [6.07, 6.45) is 8.83. The molecule has 0 atom stereocenters. The lowest BCUT2D eigenvalue weighted by atomic mass is 10.3. The number of aliphatic hydroxyl groups is 2. The predicted octanol–water partition coefficient (Wildman–Crippen LogP) is -0.107. The number of amides is 2. The number of carbonyl (C=O) groups excluding carboxylic acids is 2. The zero-order chi connectivity index (χ0) is 17.2. The molecule has 0 fully saturated rings. The van der Waals surface area contributed by atoms with E-state index in [0.717, 1.165) is 25.7 Å². The van der Waals surface area contributed by atoms with E-state index in [1.165, 1.54) is 24.3 Å². The third-order valence-electron chi connectivity index (χ3n) is 2.78. The molecule has 2 amide bonds. The van der Waals surface area contributed by atoms with Crippen molar-refractivity contribution in [2.45, 2.75) is 25.7 Å². The van der Waals surface area contributed by atoms with Crippen LogP contribution in [0, 0.1) is 0 Å². The van der Waals surface area contributed by atoms with Crippen molar-refractivity contribution in [3.8, 4) is 0 Å². The fourth-order valence-electron chi connectivity index (χ4n) is 1.62. The summed E-state index contributed by atoms with van der Waals surface area (Å²) in [7, 11) is 0. The van der Waals surface area contributed by atoms with E-state index in [2.05, 4.69) is 10.6 Å². The van der Waals surface area contributed by atoms with Crippen molar-refractivity contribution < 1.29 is 24.5 Å². The summed E-state index contributed by atoms with van der Waals surface area (Å²) < 4.78 is 5.46. The first-order valence-corrected chi connectivity index (χ1v) is 7.89. The average molecular weight is 328 g/mol. The fraction of sp³-hybridized carbons (Fsp3) is 0.625. The van der Waals surface area contributed by atoms with Crippen LogP contribution in [-0.2, 0) is 14.3 Å². The molecule has 7 nitrogen and oxygen atoms in total. The molecule has 0 unspecified atom stereocenters. The molecule has 4 N–H and O–H groups in total. The maximum Gasteiger partial charge on any atom is 0.243 e.